The molecule has 1 aromatic rings. The second kappa shape index (κ2) is 5.54. The highest BCUT2D eigenvalue weighted by Gasteiger charge is 2.34. The molecule has 0 spiro atoms. The van der Waals surface area contributed by atoms with Crippen molar-refractivity contribution in [2.24, 2.45) is 5.92 Å². The Labute approximate surface area is 123 Å². The summed E-state index contributed by atoms with van der Waals surface area (Å²) in [5.41, 5.74) is 1.93. The van der Waals surface area contributed by atoms with Crippen LogP contribution in [0.5, 0.6) is 0 Å². The van der Waals surface area contributed by atoms with E-state index in [1.807, 2.05) is 12.1 Å². The number of rotatable bonds is 2. The third kappa shape index (κ3) is 2.39. The average Bonchev–Trinajstić information content (AvgIpc) is 3.09. The second-order valence-electron chi connectivity index (χ2n) is 5.69. The number of hydrogen-bond acceptors (Lipinski definition) is 2. The second-order valence-corrected chi connectivity index (χ2v) is 6.55. The van der Waals surface area contributed by atoms with E-state index in [9.17, 15) is 5.26 Å². The highest BCUT2D eigenvalue weighted by Crippen LogP contribution is 2.39. The third-order valence-corrected chi connectivity index (χ3v) is 5.32. The molecule has 2 aliphatic rings. The van der Waals surface area contributed by atoms with Crippen molar-refractivity contribution in [1.82, 2.24) is 0 Å². The van der Waals surface area contributed by atoms with Crippen LogP contribution in [-0.4, -0.2) is 12.6 Å². The molecule has 0 amide bonds. The van der Waals surface area contributed by atoms with Crippen LogP contribution in [-0.2, 0) is 0 Å². The van der Waals surface area contributed by atoms with Gasteiger partial charge in [-0.15, -0.1) is 0 Å². The summed E-state index contributed by atoms with van der Waals surface area (Å²) >= 11 is 3.51. The molecule has 1 atom stereocenters. The molecule has 19 heavy (non-hydrogen) atoms. The first-order valence-electron chi connectivity index (χ1n) is 7.26. The Kier molecular flexibility index (Phi) is 3.79. The van der Waals surface area contributed by atoms with Crippen LogP contribution in [0.2, 0.25) is 0 Å². The topological polar surface area (TPSA) is 27.0 Å². The van der Waals surface area contributed by atoms with Crippen molar-refractivity contribution in [3.8, 4) is 6.07 Å². The van der Waals surface area contributed by atoms with Gasteiger partial charge in [0.25, 0.3) is 0 Å². The minimum atomic E-state index is 0.656. The summed E-state index contributed by atoms with van der Waals surface area (Å²) in [6, 6.07) is 9.13. The van der Waals surface area contributed by atoms with Crippen LogP contribution in [0.4, 0.5) is 5.69 Å². The van der Waals surface area contributed by atoms with Gasteiger partial charge in [0.1, 0.15) is 6.07 Å². The molecule has 0 radical (unpaired) electrons. The fourth-order valence-electron chi connectivity index (χ4n) is 3.79. The summed E-state index contributed by atoms with van der Waals surface area (Å²) in [5.74, 6) is 0.841. The highest BCUT2D eigenvalue weighted by molar-refractivity contribution is 9.10. The van der Waals surface area contributed by atoms with E-state index in [0.29, 0.717) is 6.04 Å². The predicted molar refractivity (Wildman–Crippen MR) is 81.2 cm³/mol. The molecule has 3 heteroatoms. The number of nitriles is 1. The molecule has 1 unspecified atom stereocenters. The minimum absolute atomic E-state index is 0.656. The monoisotopic (exact) mass is 318 g/mol. The molecule has 1 aromatic carbocycles. The van der Waals surface area contributed by atoms with Crippen molar-refractivity contribution in [2.45, 2.75) is 44.6 Å². The van der Waals surface area contributed by atoms with Gasteiger partial charge in [-0.3, -0.25) is 0 Å². The van der Waals surface area contributed by atoms with Crippen LogP contribution < -0.4 is 4.90 Å². The molecule has 2 fully saturated rings. The largest absolute Gasteiger partial charge is 0.367 e. The third-order valence-electron chi connectivity index (χ3n) is 4.66. The summed E-state index contributed by atoms with van der Waals surface area (Å²) in [7, 11) is 0. The van der Waals surface area contributed by atoms with Gasteiger partial charge in [-0.2, -0.15) is 5.26 Å². The Bertz CT molecular complexity index is 500. The van der Waals surface area contributed by atoms with Gasteiger partial charge in [-0.25, -0.2) is 0 Å². The lowest BCUT2D eigenvalue weighted by Crippen LogP contribution is -2.35. The number of halogens is 1. The fraction of sp³-hybridized carbons (Fsp3) is 0.562. The molecule has 3 rings (SSSR count). The van der Waals surface area contributed by atoms with Crippen LogP contribution in [0.1, 0.15) is 44.1 Å². The number of nitrogens with zero attached hydrogens (tertiary/aromatic N) is 2. The van der Waals surface area contributed by atoms with E-state index in [1.54, 1.807) is 0 Å². The van der Waals surface area contributed by atoms with E-state index in [4.69, 9.17) is 0 Å². The van der Waals surface area contributed by atoms with Gasteiger partial charge in [-0.1, -0.05) is 18.9 Å². The average molecular weight is 319 g/mol. The van der Waals surface area contributed by atoms with Crippen molar-refractivity contribution < 1.29 is 0 Å². The van der Waals surface area contributed by atoms with E-state index in [0.717, 1.165) is 28.2 Å². The number of anilines is 1. The zero-order valence-electron chi connectivity index (χ0n) is 11.1. The molecule has 1 heterocycles. The van der Waals surface area contributed by atoms with Crippen molar-refractivity contribution >= 4 is 21.6 Å². The lowest BCUT2D eigenvalue weighted by Gasteiger charge is -2.32. The summed E-state index contributed by atoms with van der Waals surface area (Å²) in [6.07, 6.45) is 8.08. The van der Waals surface area contributed by atoms with Crippen LogP contribution in [0.3, 0.4) is 0 Å². The van der Waals surface area contributed by atoms with Gasteiger partial charge in [0.05, 0.1) is 11.3 Å². The smallest absolute Gasteiger partial charge is 0.103 e. The number of benzene rings is 1. The molecule has 1 saturated heterocycles. The Hall–Kier alpha value is -1.01. The Balaban J connectivity index is 1.92. The van der Waals surface area contributed by atoms with E-state index in [1.165, 1.54) is 38.5 Å². The van der Waals surface area contributed by atoms with Crippen LogP contribution >= 0.6 is 15.9 Å². The minimum Gasteiger partial charge on any atom is -0.367 e. The van der Waals surface area contributed by atoms with Gasteiger partial charge in [0.15, 0.2) is 0 Å². The molecule has 0 aromatic heterocycles. The van der Waals surface area contributed by atoms with Gasteiger partial charge < -0.3 is 4.90 Å². The van der Waals surface area contributed by atoms with Gasteiger partial charge in [-0.05, 0) is 59.7 Å². The first-order chi connectivity index (χ1) is 9.31. The molecule has 1 saturated carbocycles. The zero-order valence-corrected chi connectivity index (χ0v) is 12.7. The SMILES string of the molecule is N#Cc1c(Br)cccc1N1CCCC1C1CCCC1. The van der Waals surface area contributed by atoms with Gasteiger partial charge >= 0.3 is 0 Å². The first kappa shape index (κ1) is 13.0. The molecule has 0 N–H and O–H groups in total. The van der Waals surface area contributed by atoms with Crippen LogP contribution in [0.15, 0.2) is 22.7 Å². The standard InChI is InChI=1S/C16H19BrN2/c17-14-7-3-8-16(13(14)11-18)19-10-4-9-15(19)12-5-1-2-6-12/h3,7-8,12,15H,1-2,4-6,9-10H2. The Morgan fingerprint density at radius 2 is 1.95 bits per heavy atom. The first-order valence-corrected chi connectivity index (χ1v) is 8.06. The van der Waals surface area contributed by atoms with E-state index < -0.39 is 0 Å². The molecular formula is C16H19BrN2. The molecule has 2 nitrogen and oxygen atoms in total. The highest BCUT2D eigenvalue weighted by atomic mass is 79.9. The maximum absolute atomic E-state index is 9.40. The molecule has 0 bridgehead atoms. The molecule has 100 valence electrons. The summed E-state index contributed by atoms with van der Waals surface area (Å²) < 4.78 is 0.921. The Morgan fingerprint density at radius 3 is 2.68 bits per heavy atom. The van der Waals surface area contributed by atoms with Crippen molar-refractivity contribution in [1.29, 1.82) is 5.26 Å². The van der Waals surface area contributed by atoms with E-state index in [-0.39, 0.29) is 0 Å². The Morgan fingerprint density at radius 1 is 1.16 bits per heavy atom. The summed E-state index contributed by atoms with van der Waals surface area (Å²) in [5, 5.41) is 9.40. The predicted octanol–water partition coefficient (Wildman–Crippen LogP) is 4.48. The number of hydrogen-bond donors (Lipinski definition) is 0. The van der Waals surface area contributed by atoms with E-state index in [2.05, 4.69) is 33.0 Å². The normalized spacial score (nSPS) is 23.8. The summed E-state index contributed by atoms with van der Waals surface area (Å²) in [4.78, 5) is 2.50. The van der Waals surface area contributed by atoms with Crippen molar-refractivity contribution in [3.63, 3.8) is 0 Å². The zero-order chi connectivity index (χ0) is 13.2. The molecule has 1 aliphatic carbocycles. The van der Waals surface area contributed by atoms with Crippen molar-refractivity contribution in [2.75, 3.05) is 11.4 Å². The van der Waals surface area contributed by atoms with Gasteiger partial charge in [0, 0.05) is 17.1 Å². The van der Waals surface area contributed by atoms with Gasteiger partial charge in [0.2, 0.25) is 0 Å². The van der Waals surface area contributed by atoms with Crippen LogP contribution in [0, 0.1) is 17.2 Å². The van der Waals surface area contributed by atoms with Crippen molar-refractivity contribution in [3.05, 3.63) is 28.2 Å². The fourth-order valence-corrected chi connectivity index (χ4v) is 4.23. The maximum Gasteiger partial charge on any atom is 0.103 e. The maximum atomic E-state index is 9.40. The lowest BCUT2D eigenvalue weighted by molar-refractivity contribution is 0.430. The molecular weight excluding hydrogens is 300 g/mol. The molecule has 1 aliphatic heterocycles. The quantitative estimate of drug-likeness (QED) is 0.803. The lowest BCUT2D eigenvalue weighted by atomic mass is 9.95. The van der Waals surface area contributed by atoms with Crippen LogP contribution in [0.25, 0.3) is 0 Å². The van der Waals surface area contributed by atoms with E-state index >= 15 is 0 Å². The summed E-state index contributed by atoms with van der Waals surface area (Å²) in [6.45, 7) is 1.10.